The Morgan fingerprint density at radius 2 is 2.17 bits per heavy atom. The summed E-state index contributed by atoms with van der Waals surface area (Å²) in [4.78, 5) is 15.5. The van der Waals surface area contributed by atoms with E-state index in [2.05, 4.69) is 10.1 Å². The number of carboxylic acids is 1. The third-order valence-electron chi connectivity index (χ3n) is 3.76. The van der Waals surface area contributed by atoms with Crippen molar-refractivity contribution in [3.63, 3.8) is 0 Å². The van der Waals surface area contributed by atoms with Crippen LogP contribution in [0.25, 0.3) is 5.65 Å². The predicted molar refractivity (Wildman–Crippen MR) is 78.4 cm³/mol. The fourth-order valence-corrected chi connectivity index (χ4v) is 2.54. The number of ether oxygens (including phenoxy) is 1. The number of rotatable bonds is 4. The van der Waals surface area contributed by atoms with E-state index in [1.54, 1.807) is 6.07 Å². The van der Waals surface area contributed by atoms with Gasteiger partial charge in [-0.3, -0.25) is 0 Å². The van der Waals surface area contributed by atoms with E-state index in [0.717, 1.165) is 23.4 Å². The Kier molecular flexibility index (Phi) is 3.00. The Hall–Kier alpha value is -2.96. The van der Waals surface area contributed by atoms with Crippen LogP contribution in [-0.4, -0.2) is 25.7 Å². The minimum absolute atomic E-state index is 0.0149. The number of carbonyl (C=O) groups is 1. The van der Waals surface area contributed by atoms with Gasteiger partial charge in [0.1, 0.15) is 5.75 Å². The molecule has 1 aliphatic carbocycles. The molecular formula is C16H12FN3O3. The number of hydrogen-bond donors (Lipinski definition) is 1. The van der Waals surface area contributed by atoms with Gasteiger partial charge in [0, 0.05) is 6.07 Å². The smallest absolute Gasteiger partial charge is 0.358 e. The van der Waals surface area contributed by atoms with Gasteiger partial charge in [0.15, 0.2) is 17.1 Å². The van der Waals surface area contributed by atoms with Crippen molar-refractivity contribution in [1.82, 2.24) is 14.6 Å². The van der Waals surface area contributed by atoms with Crippen molar-refractivity contribution < 1.29 is 19.0 Å². The van der Waals surface area contributed by atoms with Crippen LogP contribution in [0.4, 0.5) is 4.39 Å². The van der Waals surface area contributed by atoms with E-state index in [-0.39, 0.29) is 17.1 Å². The Labute approximate surface area is 130 Å². The lowest BCUT2D eigenvalue weighted by Gasteiger charge is -2.10. The van der Waals surface area contributed by atoms with Gasteiger partial charge in [-0.15, -0.1) is 5.10 Å². The van der Waals surface area contributed by atoms with Crippen molar-refractivity contribution in [2.24, 2.45) is 0 Å². The predicted octanol–water partition coefficient (Wildman–Crippen LogP) is 3.24. The maximum atomic E-state index is 13.3. The SMILES string of the molecule is O=C(O)c1c(Oc2cccc(C3CC3)c2)cnc2cc(F)nn12. The molecule has 0 amide bonds. The van der Waals surface area contributed by atoms with E-state index in [1.807, 2.05) is 18.2 Å². The van der Waals surface area contributed by atoms with Gasteiger partial charge in [0.2, 0.25) is 5.95 Å². The van der Waals surface area contributed by atoms with Crippen LogP contribution in [-0.2, 0) is 0 Å². The zero-order valence-electron chi connectivity index (χ0n) is 11.9. The highest BCUT2D eigenvalue weighted by molar-refractivity contribution is 5.89. The van der Waals surface area contributed by atoms with Crippen molar-refractivity contribution in [1.29, 1.82) is 0 Å². The van der Waals surface area contributed by atoms with E-state index in [4.69, 9.17) is 4.74 Å². The highest BCUT2D eigenvalue weighted by Gasteiger charge is 2.24. The average molecular weight is 313 g/mol. The second kappa shape index (κ2) is 5.05. The molecule has 0 aliphatic heterocycles. The molecule has 0 bridgehead atoms. The molecule has 0 saturated heterocycles. The minimum Gasteiger partial charge on any atom is -0.476 e. The average Bonchev–Trinajstić information content (AvgIpc) is 3.29. The van der Waals surface area contributed by atoms with Gasteiger partial charge in [-0.25, -0.2) is 14.3 Å². The van der Waals surface area contributed by atoms with Gasteiger partial charge >= 0.3 is 5.97 Å². The standard InChI is InChI=1S/C16H12FN3O3/c17-13-7-14-18-8-12(15(16(21)22)20(14)19-13)23-11-3-1-2-10(6-11)9-4-5-9/h1-3,6-9H,4-5H2,(H,21,22). The van der Waals surface area contributed by atoms with Gasteiger partial charge in [0.05, 0.1) is 6.20 Å². The lowest BCUT2D eigenvalue weighted by atomic mass is 10.1. The van der Waals surface area contributed by atoms with Crippen LogP contribution in [0.3, 0.4) is 0 Å². The van der Waals surface area contributed by atoms with Gasteiger partial charge in [-0.05, 0) is 36.5 Å². The third kappa shape index (κ3) is 2.50. The van der Waals surface area contributed by atoms with Crippen molar-refractivity contribution in [3.8, 4) is 11.5 Å². The molecule has 1 N–H and O–H groups in total. The Bertz CT molecular complexity index is 918. The van der Waals surface area contributed by atoms with Crippen LogP contribution < -0.4 is 4.74 Å². The molecule has 1 saturated carbocycles. The molecular weight excluding hydrogens is 301 g/mol. The summed E-state index contributed by atoms with van der Waals surface area (Å²) in [5.74, 6) is -0.980. The monoisotopic (exact) mass is 313 g/mol. The van der Waals surface area contributed by atoms with Gasteiger partial charge in [-0.1, -0.05) is 12.1 Å². The van der Waals surface area contributed by atoms with Crippen LogP contribution >= 0.6 is 0 Å². The maximum absolute atomic E-state index is 13.3. The first kappa shape index (κ1) is 13.7. The summed E-state index contributed by atoms with van der Waals surface area (Å²) < 4.78 is 19.9. The summed E-state index contributed by atoms with van der Waals surface area (Å²) in [5.41, 5.74) is 1.01. The number of fused-ring (bicyclic) bond motifs is 1. The van der Waals surface area contributed by atoms with Crippen molar-refractivity contribution in [2.45, 2.75) is 18.8 Å². The van der Waals surface area contributed by atoms with E-state index < -0.39 is 11.9 Å². The zero-order chi connectivity index (χ0) is 16.0. The Morgan fingerprint density at radius 1 is 1.35 bits per heavy atom. The second-order valence-corrected chi connectivity index (χ2v) is 5.46. The lowest BCUT2D eigenvalue weighted by molar-refractivity contribution is 0.0684. The fourth-order valence-electron chi connectivity index (χ4n) is 2.54. The number of hydrogen-bond acceptors (Lipinski definition) is 4. The molecule has 4 rings (SSSR count). The summed E-state index contributed by atoms with van der Waals surface area (Å²) in [6.07, 6.45) is 3.58. The third-order valence-corrected chi connectivity index (χ3v) is 3.76. The minimum atomic E-state index is -1.27. The molecule has 2 aromatic heterocycles. The first-order chi connectivity index (χ1) is 11.1. The Morgan fingerprint density at radius 3 is 2.91 bits per heavy atom. The molecule has 116 valence electrons. The number of benzene rings is 1. The molecule has 7 heteroatoms. The van der Waals surface area contributed by atoms with Crippen LogP contribution in [0, 0.1) is 5.95 Å². The molecule has 2 heterocycles. The summed E-state index contributed by atoms with van der Waals surface area (Å²) in [7, 11) is 0. The molecule has 23 heavy (non-hydrogen) atoms. The van der Waals surface area contributed by atoms with Crippen LogP contribution in [0.5, 0.6) is 11.5 Å². The molecule has 0 spiro atoms. The molecule has 0 unspecified atom stereocenters. The first-order valence-electron chi connectivity index (χ1n) is 7.17. The highest BCUT2D eigenvalue weighted by atomic mass is 19.1. The summed E-state index contributed by atoms with van der Waals surface area (Å²) in [5, 5.41) is 12.9. The highest BCUT2D eigenvalue weighted by Crippen LogP contribution is 2.41. The maximum Gasteiger partial charge on any atom is 0.358 e. The van der Waals surface area contributed by atoms with E-state index in [0.29, 0.717) is 11.7 Å². The largest absolute Gasteiger partial charge is 0.476 e. The molecule has 0 radical (unpaired) electrons. The van der Waals surface area contributed by atoms with Crippen LogP contribution in [0.1, 0.15) is 34.8 Å². The topological polar surface area (TPSA) is 76.7 Å². The first-order valence-corrected chi connectivity index (χ1v) is 7.17. The number of aromatic nitrogens is 3. The van der Waals surface area contributed by atoms with Crippen LogP contribution in [0.15, 0.2) is 36.5 Å². The number of halogens is 1. The molecule has 1 aromatic carbocycles. The molecule has 1 aliphatic rings. The molecule has 0 atom stereocenters. The number of nitrogens with zero attached hydrogens (tertiary/aromatic N) is 3. The second-order valence-electron chi connectivity index (χ2n) is 5.46. The summed E-state index contributed by atoms with van der Waals surface area (Å²) in [6.45, 7) is 0. The fraction of sp³-hybridized carbons (Fsp3) is 0.188. The van der Waals surface area contributed by atoms with Gasteiger partial charge in [-0.2, -0.15) is 4.39 Å². The van der Waals surface area contributed by atoms with Crippen molar-refractivity contribution >= 4 is 11.6 Å². The van der Waals surface area contributed by atoms with Gasteiger partial charge < -0.3 is 9.84 Å². The number of carboxylic acid groups (broad SMARTS) is 1. The van der Waals surface area contributed by atoms with E-state index in [9.17, 15) is 14.3 Å². The zero-order valence-corrected chi connectivity index (χ0v) is 11.9. The quantitative estimate of drug-likeness (QED) is 0.800. The molecule has 6 nitrogen and oxygen atoms in total. The van der Waals surface area contributed by atoms with E-state index >= 15 is 0 Å². The summed E-state index contributed by atoms with van der Waals surface area (Å²) in [6, 6.07) is 8.57. The Balaban J connectivity index is 1.77. The van der Waals surface area contributed by atoms with Crippen LogP contribution in [0.2, 0.25) is 0 Å². The summed E-state index contributed by atoms with van der Waals surface area (Å²) >= 11 is 0. The number of aromatic carboxylic acids is 1. The van der Waals surface area contributed by atoms with Crippen molar-refractivity contribution in [3.05, 3.63) is 53.7 Å². The lowest BCUT2D eigenvalue weighted by Crippen LogP contribution is -2.10. The normalized spacial score (nSPS) is 14.1. The van der Waals surface area contributed by atoms with Gasteiger partial charge in [0.25, 0.3) is 0 Å². The van der Waals surface area contributed by atoms with E-state index in [1.165, 1.54) is 11.8 Å². The molecule has 1 fully saturated rings. The molecule has 3 aromatic rings. The van der Waals surface area contributed by atoms with Crippen molar-refractivity contribution in [2.75, 3.05) is 0 Å².